The molecular formula is C19H16BrNO2. The molecule has 3 rings (SSSR count). The van der Waals surface area contributed by atoms with Crippen LogP contribution in [-0.2, 0) is 6.54 Å². The number of rotatable bonds is 5. The largest absolute Gasteiger partial charge is 0.508 e. The SMILES string of the molecule is Oc1ccc(Br)cc1CNc1ccc(Oc2ccccc2)cc1. The molecular weight excluding hydrogens is 354 g/mol. The van der Waals surface area contributed by atoms with Crippen molar-refractivity contribution in [3.63, 3.8) is 0 Å². The van der Waals surface area contributed by atoms with Crippen LogP contribution in [0, 0.1) is 0 Å². The van der Waals surface area contributed by atoms with E-state index >= 15 is 0 Å². The fraction of sp³-hybridized carbons (Fsp3) is 0.0526. The Bertz CT molecular complexity index is 773. The Hall–Kier alpha value is -2.46. The number of hydrogen-bond donors (Lipinski definition) is 2. The van der Waals surface area contributed by atoms with Gasteiger partial charge >= 0.3 is 0 Å². The molecule has 2 N–H and O–H groups in total. The molecule has 0 spiro atoms. The van der Waals surface area contributed by atoms with E-state index in [2.05, 4.69) is 21.2 Å². The van der Waals surface area contributed by atoms with Crippen LogP contribution in [0.25, 0.3) is 0 Å². The van der Waals surface area contributed by atoms with Gasteiger partial charge in [0, 0.05) is 22.3 Å². The van der Waals surface area contributed by atoms with E-state index in [9.17, 15) is 5.11 Å². The summed E-state index contributed by atoms with van der Waals surface area (Å²) in [5, 5.41) is 13.1. The second-order valence-electron chi connectivity index (χ2n) is 5.07. The lowest BCUT2D eigenvalue weighted by atomic mass is 10.2. The minimum absolute atomic E-state index is 0.282. The Labute approximate surface area is 143 Å². The number of benzene rings is 3. The first-order chi connectivity index (χ1) is 11.2. The van der Waals surface area contributed by atoms with E-state index in [-0.39, 0.29) is 5.75 Å². The topological polar surface area (TPSA) is 41.5 Å². The number of phenolic OH excluding ortho intramolecular Hbond substituents is 1. The molecule has 0 heterocycles. The van der Waals surface area contributed by atoms with E-state index < -0.39 is 0 Å². The predicted molar refractivity (Wildman–Crippen MR) is 96.1 cm³/mol. The van der Waals surface area contributed by atoms with Crippen molar-refractivity contribution < 1.29 is 9.84 Å². The van der Waals surface area contributed by atoms with Gasteiger partial charge in [0.15, 0.2) is 0 Å². The lowest BCUT2D eigenvalue weighted by Crippen LogP contribution is -1.99. The highest BCUT2D eigenvalue weighted by Gasteiger charge is 2.02. The first kappa shape index (κ1) is 15.4. The van der Waals surface area contributed by atoms with Gasteiger partial charge in [0.1, 0.15) is 17.2 Å². The molecule has 23 heavy (non-hydrogen) atoms. The van der Waals surface area contributed by atoms with Crippen LogP contribution in [-0.4, -0.2) is 5.11 Å². The number of anilines is 1. The molecule has 0 amide bonds. The average molecular weight is 370 g/mol. The molecule has 0 aliphatic carbocycles. The van der Waals surface area contributed by atoms with Crippen LogP contribution in [0.2, 0.25) is 0 Å². The van der Waals surface area contributed by atoms with Gasteiger partial charge in [-0.15, -0.1) is 0 Å². The number of hydrogen-bond acceptors (Lipinski definition) is 3. The Morgan fingerprint density at radius 3 is 2.30 bits per heavy atom. The van der Waals surface area contributed by atoms with Crippen LogP contribution in [0.15, 0.2) is 77.3 Å². The molecule has 3 aromatic rings. The summed E-state index contributed by atoms with van der Waals surface area (Å²) < 4.78 is 6.70. The highest BCUT2D eigenvalue weighted by molar-refractivity contribution is 9.10. The number of nitrogens with one attached hydrogen (secondary N) is 1. The van der Waals surface area contributed by atoms with Crippen molar-refractivity contribution in [2.75, 3.05) is 5.32 Å². The van der Waals surface area contributed by atoms with Gasteiger partial charge in [0.2, 0.25) is 0 Å². The third-order valence-corrected chi connectivity index (χ3v) is 3.85. The second-order valence-corrected chi connectivity index (χ2v) is 5.98. The van der Waals surface area contributed by atoms with Crippen LogP contribution >= 0.6 is 15.9 Å². The van der Waals surface area contributed by atoms with Gasteiger partial charge in [0.05, 0.1) is 0 Å². The average Bonchev–Trinajstić information content (AvgIpc) is 2.58. The molecule has 0 unspecified atom stereocenters. The Morgan fingerprint density at radius 2 is 1.57 bits per heavy atom. The number of halogens is 1. The monoisotopic (exact) mass is 369 g/mol. The van der Waals surface area contributed by atoms with E-state index in [4.69, 9.17) is 4.74 Å². The third kappa shape index (κ3) is 4.27. The van der Waals surface area contributed by atoms with Gasteiger partial charge in [-0.2, -0.15) is 0 Å². The summed E-state index contributed by atoms with van der Waals surface area (Å²) in [5.41, 5.74) is 1.80. The maximum absolute atomic E-state index is 9.84. The molecule has 0 aliphatic rings. The van der Waals surface area contributed by atoms with Gasteiger partial charge in [-0.1, -0.05) is 34.1 Å². The molecule has 0 saturated carbocycles. The summed E-state index contributed by atoms with van der Waals surface area (Å²) >= 11 is 3.41. The van der Waals surface area contributed by atoms with Gasteiger partial charge in [-0.05, 0) is 54.6 Å². The van der Waals surface area contributed by atoms with Crippen molar-refractivity contribution in [3.05, 3.63) is 82.8 Å². The van der Waals surface area contributed by atoms with E-state index in [0.717, 1.165) is 27.2 Å². The number of aromatic hydroxyl groups is 1. The molecule has 3 aromatic carbocycles. The molecule has 0 aliphatic heterocycles. The van der Waals surface area contributed by atoms with Crippen molar-refractivity contribution in [1.82, 2.24) is 0 Å². The standard InChI is InChI=1S/C19H16BrNO2/c20-15-6-11-19(22)14(12-15)13-21-16-7-9-18(10-8-16)23-17-4-2-1-3-5-17/h1-12,21-22H,13H2. The summed E-state index contributed by atoms with van der Waals surface area (Å²) in [6.45, 7) is 0.546. The van der Waals surface area contributed by atoms with Crippen molar-refractivity contribution in [2.24, 2.45) is 0 Å². The number of phenols is 1. The van der Waals surface area contributed by atoms with Gasteiger partial charge in [-0.25, -0.2) is 0 Å². The van der Waals surface area contributed by atoms with Crippen LogP contribution in [0.4, 0.5) is 5.69 Å². The lowest BCUT2D eigenvalue weighted by Gasteiger charge is -2.10. The van der Waals surface area contributed by atoms with Crippen molar-refractivity contribution in [3.8, 4) is 17.2 Å². The summed E-state index contributed by atoms with van der Waals surface area (Å²) in [6, 6.07) is 22.8. The minimum Gasteiger partial charge on any atom is -0.508 e. The predicted octanol–water partition coefficient (Wildman–Crippen LogP) is 5.56. The lowest BCUT2D eigenvalue weighted by molar-refractivity contribution is 0.469. The second kappa shape index (κ2) is 7.20. The minimum atomic E-state index is 0.282. The maximum Gasteiger partial charge on any atom is 0.127 e. The van der Waals surface area contributed by atoms with E-state index in [1.807, 2.05) is 66.7 Å². The molecule has 0 saturated heterocycles. The fourth-order valence-electron chi connectivity index (χ4n) is 2.16. The quantitative estimate of drug-likeness (QED) is 0.618. The zero-order valence-electron chi connectivity index (χ0n) is 12.4. The molecule has 4 heteroatoms. The van der Waals surface area contributed by atoms with E-state index in [1.165, 1.54) is 0 Å². The summed E-state index contributed by atoms with van der Waals surface area (Å²) in [7, 11) is 0. The maximum atomic E-state index is 9.84. The highest BCUT2D eigenvalue weighted by Crippen LogP contribution is 2.25. The summed E-state index contributed by atoms with van der Waals surface area (Å²) in [5.74, 6) is 1.88. The Kier molecular flexibility index (Phi) is 4.83. The Morgan fingerprint density at radius 1 is 0.870 bits per heavy atom. The summed E-state index contributed by atoms with van der Waals surface area (Å²) in [4.78, 5) is 0. The molecule has 0 bridgehead atoms. The first-order valence-corrected chi connectivity index (χ1v) is 8.04. The van der Waals surface area contributed by atoms with Crippen molar-refractivity contribution in [2.45, 2.75) is 6.54 Å². The van der Waals surface area contributed by atoms with Crippen LogP contribution in [0.3, 0.4) is 0 Å². The molecule has 116 valence electrons. The Balaban J connectivity index is 1.62. The van der Waals surface area contributed by atoms with Crippen molar-refractivity contribution >= 4 is 21.6 Å². The van der Waals surface area contributed by atoms with E-state index in [1.54, 1.807) is 6.07 Å². The molecule has 0 aromatic heterocycles. The van der Waals surface area contributed by atoms with Crippen LogP contribution in [0.1, 0.15) is 5.56 Å². The highest BCUT2D eigenvalue weighted by atomic mass is 79.9. The van der Waals surface area contributed by atoms with Crippen LogP contribution in [0.5, 0.6) is 17.2 Å². The first-order valence-electron chi connectivity index (χ1n) is 7.25. The zero-order chi connectivity index (χ0) is 16.1. The normalized spacial score (nSPS) is 10.3. The molecule has 0 radical (unpaired) electrons. The smallest absolute Gasteiger partial charge is 0.127 e. The fourth-order valence-corrected chi connectivity index (χ4v) is 2.57. The van der Waals surface area contributed by atoms with Crippen molar-refractivity contribution in [1.29, 1.82) is 0 Å². The summed E-state index contributed by atoms with van der Waals surface area (Å²) in [6.07, 6.45) is 0. The van der Waals surface area contributed by atoms with E-state index in [0.29, 0.717) is 6.54 Å². The van der Waals surface area contributed by atoms with Gasteiger partial charge < -0.3 is 15.2 Å². The van der Waals surface area contributed by atoms with Gasteiger partial charge in [-0.3, -0.25) is 0 Å². The van der Waals surface area contributed by atoms with Crippen LogP contribution < -0.4 is 10.1 Å². The molecule has 3 nitrogen and oxygen atoms in total. The molecule has 0 fully saturated rings. The number of para-hydroxylation sites is 1. The zero-order valence-corrected chi connectivity index (χ0v) is 14.0. The molecule has 0 atom stereocenters. The third-order valence-electron chi connectivity index (χ3n) is 3.36. The van der Waals surface area contributed by atoms with Gasteiger partial charge in [0.25, 0.3) is 0 Å². The number of ether oxygens (including phenoxy) is 1.